The normalized spacial score (nSPS) is 17.3. The Bertz CT molecular complexity index is 669. The Kier molecular flexibility index (Phi) is 5.72. The van der Waals surface area contributed by atoms with Crippen LogP contribution in [-0.4, -0.2) is 25.9 Å². The molecule has 1 unspecified atom stereocenters. The Balaban J connectivity index is 2.33. The molecule has 1 aromatic carbocycles. The van der Waals surface area contributed by atoms with Crippen molar-refractivity contribution in [3.05, 3.63) is 33.9 Å². The third-order valence-electron chi connectivity index (χ3n) is 4.46. The Morgan fingerprint density at radius 2 is 2.04 bits per heavy atom. The molecule has 0 amide bonds. The van der Waals surface area contributed by atoms with Crippen molar-refractivity contribution < 1.29 is 13.3 Å². The monoisotopic (exact) mass is 341 g/mol. The molecule has 2 rings (SSSR count). The number of nitro groups is 1. The number of sulfonamides is 1. The van der Waals surface area contributed by atoms with E-state index in [1.807, 2.05) is 6.92 Å². The topological polar surface area (TPSA) is 115 Å². The van der Waals surface area contributed by atoms with E-state index in [0.717, 1.165) is 31.7 Å². The van der Waals surface area contributed by atoms with Gasteiger partial charge in [-0.3, -0.25) is 10.1 Å². The third kappa shape index (κ3) is 4.07. The van der Waals surface area contributed by atoms with Crippen molar-refractivity contribution >= 4 is 15.7 Å². The van der Waals surface area contributed by atoms with Gasteiger partial charge >= 0.3 is 0 Å². The molecular weight excluding hydrogens is 318 g/mol. The first-order valence-corrected chi connectivity index (χ1v) is 9.37. The fourth-order valence-corrected chi connectivity index (χ4v) is 4.81. The Morgan fingerprint density at radius 1 is 1.39 bits per heavy atom. The molecule has 1 fully saturated rings. The lowest BCUT2D eigenvalue weighted by Crippen LogP contribution is -2.44. The standard InChI is InChI=1S/C15H23N3O4S/c1-2-11-7-8-13(18(19)20)9-15(11)23(21,22)17-14(10-16)12-5-3-4-6-12/h7-9,12,14,17H,2-6,10,16H2,1H3. The lowest BCUT2D eigenvalue weighted by atomic mass is 9.99. The number of benzene rings is 1. The molecular formula is C15H23N3O4S. The number of hydrogen-bond donors (Lipinski definition) is 2. The van der Waals surface area contributed by atoms with Gasteiger partial charge in [0.15, 0.2) is 0 Å². The Labute approximate surface area is 136 Å². The van der Waals surface area contributed by atoms with Gasteiger partial charge < -0.3 is 5.73 Å². The average molecular weight is 341 g/mol. The van der Waals surface area contributed by atoms with Crippen molar-refractivity contribution in [3.8, 4) is 0 Å². The van der Waals surface area contributed by atoms with Crippen LogP contribution in [0.25, 0.3) is 0 Å². The molecule has 0 bridgehead atoms. The summed E-state index contributed by atoms with van der Waals surface area (Å²) >= 11 is 0. The summed E-state index contributed by atoms with van der Waals surface area (Å²) in [6.45, 7) is 2.04. The zero-order valence-corrected chi connectivity index (χ0v) is 14.0. The molecule has 23 heavy (non-hydrogen) atoms. The predicted octanol–water partition coefficient (Wildman–Crippen LogP) is 1.95. The zero-order chi connectivity index (χ0) is 17.0. The molecule has 1 aliphatic carbocycles. The molecule has 1 aliphatic rings. The maximum absolute atomic E-state index is 12.7. The maximum Gasteiger partial charge on any atom is 0.270 e. The second-order valence-corrected chi connectivity index (χ2v) is 7.59. The van der Waals surface area contributed by atoms with Gasteiger partial charge in [0.2, 0.25) is 10.0 Å². The van der Waals surface area contributed by atoms with E-state index in [-0.39, 0.29) is 29.1 Å². The first-order valence-electron chi connectivity index (χ1n) is 7.88. The molecule has 7 nitrogen and oxygen atoms in total. The summed E-state index contributed by atoms with van der Waals surface area (Å²) in [6.07, 6.45) is 4.56. The highest BCUT2D eigenvalue weighted by atomic mass is 32.2. The molecule has 1 saturated carbocycles. The highest BCUT2D eigenvalue weighted by Gasteiger charge is 2.30. The van der Waals surface area contributed by atoms with Crippen molar-refractivity contribution in [2.75, 3.05) is 6.54 Å². The van der Waals surface area contributed by atoms with Crippen LogP contribution >= 0.6 is 0 Å². The number of aryl methyl sites for hydroxylation is 1. The van der Waals surface area contributed by atoms with E-state index in [1.54, 1.807) is 0 Å². The summed E-state index contributed by atoms with van der Waals surface area (Å²) in [5, 5.41) is 10.9. The van der Waals surface area contributed by atoms with Crippen molar-refractivity contribution in [2.24, 2.45) is 11.7 Å². The van der Waals surface area contributed by atoms with Crippen LogP contribution in [0.4, 0.5) is 5.69 Å². The molecule has 0 aromatic heterocycles. The minimum absolute atomic E-state index is 0.0225. The van der Waals surface area contributed by atoms with Crippen molar-refractivity contribution in [1.29, 1.82) is 0 Å². The summed E-state index contributed by atoms with van der Waals surface area (Å²) in [5.74, 6) is 0.235. The van der Waals surface area contributed by atoms with Crippen LogP contribution in [0.15, 0.2) is 23.1 Å². The van der Waals surface area contributed by atoms with Crippen molar-refractivity contribution in [2.45, 2.75) is 50.0 Å². The Hall–Kier alpha value is -1.51. The fourth-order valence-electron chi connectivity index (χ4n) is 3.16. The first kappa shape index (κ1) is 17.8. The van der Waals surface area contributed by atoms with Crippen LogP contribution in [0.5, 0.6) is 0 Å². The molecule has 3 N–H and O–H groups in total. The smallest absolute Gasteiger partial charge is 0.270 e. The third-order valence-corrected chi connectivity index (χ3v) is 6.03. The van der Waals surface area contributed by atoms with Gasteiger partial charge in [-0.25, -0.2) is 13.1 Å². The summed E-state index contributed by atoms with van der Waals surface area (Å²) in [4.78, 5) is 10.3. The van der Waals surface area contributed by atoms with Gasteiger partial charge in [-0.05, 0) is 30.7 Å². The molecule has 8 heteroatoms. The quantitative estimate of drug-likeness (QED) is 0.581. The molecule has 0 saturated heterocycles. The molecule has 0 spiro atoms. The van der Waals surface area contributed by atoms with Gasteiger partial charge in [-0.2, -0.15) is 0 Å². The van der Waals surface area contributed by atoms with Crippen LogP contribution in [-0.2, 0) is 16.4 Å². The highest BCUT2D eigenvalue weighted by molar-refractivity contribution is 7.89. The number of nitrogens with zero attached hydrogens (tertiary/aromatic N) is 1. The van der Waals surface area contributed by atoms with Crippen LogP contribution in [0.2, 0.25) is 0 Å². The minimum Gasteiger partial charge on any atom is -0.329 e. The van der Waals surface area contributed by atoms with Crippen molar-refractivity contribution in [1.82, 2.24) is 4.72 Å². The van der Waals surface area contributed by atoms with Gasteiger partial charge in [0.05, 0.1) is 9.82 Å². The van der Waals surface area contributed by atoms with E-state index in [0.29, 0.717) is 12.0 Å². The SMILES string of the molecule is CCc1ccc([N+](=O)[O-])cc1S(=O)(=O)NC(CN)C1CCCC1. The second-order valence-electron chi connectivity index (χ2n) is 5.91. The largest absolute Gasteiger partial charge is 0.329 e. The van der Waals surface area contributed by atoms with E-state index < -0.39 is 14.9 Å². The maximum atomic E-state index is 12.7. The second kappa shape index (κ2) is 7.37. The molecule has 1 aromatic rings. The summed E-state index contributed by atoms with van der Waals surface area (Å²) in [7, 11) is -3.84. The van der Waals surface area contributed by atoms with Crippen LogP contribution < -0.4 is 10.5 Å². The summed E-state index contributed by atoms with van der Waals surface area (Å²) in [6, 6.07) is 3.63. The summed E-state index contributed by atoms with van der Waals surface area (Å²) in [5.41, 5.74) is 6.08. The van der Waals surface area contributed by atoms with Crippen LogP contribution in [0.3, 0.4) is 0 Å². The van der Waals surface area contributed by atoms with Gasteiger partial charge in [-0.1, -0.05) is 25.8 Å². The van der Waals surface area contributed by atoms with E-state index in [2.05, 4.69) is 4.72 Å². The predicted molar refractivity (Wildman–Crippen MR) is 87.6 cm³/mol. The molecule has 0 aliphatic heterocycles. The molecule has 0 radical (unpaired) electrons. The van der Waals surface area contributed by atoms with Gasteiger partial charge in [0.25, 0.3) is 5.69 Å². The molecule has 128 valence electrons. The molecule has 1 atom stereocenters. The number of nitrogens with one attached hydrogen (secondary N) is 1. The van der Waals surface area contributed by atoms with Gasteiger partial charge in [-0.15, -0.1) is 0 Å². The zero-order valence-electron chi connectivity index (χ0n) is 13.2. The lowest BCUT2D eigenvalue weighted by Gasteiger charge is -2.23. The fraction of sp³-hybridized carbons (Fsp3) is 0.600. The average Bonchev–Trinajstić information content (AvgIpc) is 3.06. The van der Waals surface area contributed by atoms with E-state index in [4.69, 9.17) is 5.73 Å². The van der Waals surface area contributed by atoms with Crippen LogP contribution in [0, 0.1) is 16.0 Å². The van der Waals surface area contributed by atoms with E-state index in [1.165, 1.54) is 12.1 Å². The van der Waals surface area contributed by atoms with Crippen molar-refractivity contribution in [3.63, 3.8) is 0 Å². The number of nitrogens with two attached hydrogens (primary N) is 1. The Morgan fingerprint density at radius 3 is 2.57 bits per heavy atom. The van der Waals surface area contributed by atoms with Gasteiger partial charge in [0.1, 0.15) is 0 Å². The van der Waals surface area contributed by atoms with E-state index in [9.17, 15) is 18.5 Å². The minimum atomic E-state index is -3.84. The highest BCUT2D eigenvalue weighted by Crippen LogP contribution is 2.29. The number of non-ortho nitro benzene ring substituents is 1. The van der Waals surface area contributed by atoms with E-state index >= 15 is 0 Å². The number of hydrogen-bond acceptors (Lipinski definition) is 5. The van der Waals surface area contributed by atoms with Gasteiger partial charge in [0, 0.05) is 24.7 Å². The first-order chi connectivity index (χ1) is 10.9. The molecule has 0 heterocycles. The number of rotatable bonds is 7. The lowest BCUT2D eigenvalue weighted by molar-refractivity contribution is -0.385. The summed E-state index contributed by atoms with van der Waals surface area (Å²) < 4.78 is 28.1. The number of nitro benzene ring substituents is 1. The van der Waals surface area contributed by atoms with Crippen LogP contribution in [0.1, 0.15) is 38.2 Å².